The molecule has 0 atom stereocenters. The Balaban J connectivity index is 0.000000482. The fraction of sp³-hybridized carbons (Fsp3) is 0.368. The fourth-order valence-corrected chi connectivity index (χ4v) is 2.08. The maximum atomic E-state index is 2.22. The van der Waals surface area contributed by atoms with Crippen LogP contribution in [-0.2, 0) is 6.42 Å². The minimum absolute atomic E-state index is 1.10. The molecule has 0 heteroatoms. The second-order valence-corrected chi connectivity index (χ2v) is 3.49. The summed E-state index contributed by atoms with van der Waals surface area (Å²) in [5.41, 5.74) is 5.75. The molecular weight excluding hydrogens is 228 g/mol. The summed E-state index contributed by atoms with van der Waals surface area (Å²) >= 11 is 0. The van der Waals surface area contributed by atoms with Gasteiger partial charge in [0.15, 0.2) is 0 Å². The van der Waals surface area contributed by atoms with Crippen LogP contribution in [0, 0.1) is 0 Å². The van der Waals surface area contributed by atoms with Crippen LogP contribution in [0.3, 0.4) is 0 Å². The molecule has 0 nitrogen and oxygen atoms in total. The molecule has 0 aliphatic heterocycles. The van der Waals surface area contributed by atoms with E-state index in [1.807, 2.05) is 41.5 Å². The summed E-state index contributed by atoms with van der Waals surface area (Å²) < 4.78 is 0. The highest BCUT2D eigenvalue weighted by molar-refractivity contribution is 5.76. The summed E-state index contributed by atoms with van der Waals surface area (Å²) in [6, 6.07) is 17.3. The molecule has 0 saturated carbocycles. The normalized spacial score (nSPS) is 9.37. The number of benzene rings is 2. The van der Waals surface area contributed by atoms with Gasteiger partial charge in [0.1, 0.15) is 0 Å². The molecule has 0 amide bonds. The van der Waals surface area contributed by atoms with Gasteiger partial charge in [-0.3, -0.25) is 0 Å². The van der Waals surface area contributed by atoms with Crippen molar-refractivity contribution in [2.24, 2.45) is 0 Å². The minimum Gasteiger partial charge on any atom is -0.0683 e. The lowest BCUT2D eigenvalue weighted by molar-refractivity contribution is 1.26. The average Bonchev–Trinajstić information content (AvgIpc) is 2.92. The summed E-state index contributed by atoms with van der Waals surface area (Å²) in [7, 11) is 0. The molecule has 0 bridgehead atoms. The molecule has 2 aromatic rings. The van der Waals surface area contributed by atoms with E-state index in [0.29, 0.717) is 0 Å². The first-order valence-corrected chi connectivity index (χ1v) is 7.61. The third-order valence-electron chi connectivity index (χ3n) is 2.71. The molecule has 1 aliphatic carbocycles. The van der Waals surface area contributed by atoms with Crippen LogP contribution in [0.4, 0.5) is 0 Å². The van der Waals surface area contributed by atoms with E-state index < -0.39 is 0 Å². The van der Waals surface area contributed by atoms with Crippen molar-refractivity contribution in [1.82, 2.24) is 0 Å². The SMILES string of the molecule is CC.CC.CC.c1ccc2c(c1)Cc1ccccc1-2. The van der Waals surface area contributed by atoms with E-state index in [9.17, 15) is 0 Å². The quantitative estimate of drug-likeness (QED) is 0.440. The largest absolute Gasteiger partial charge is 0.0683 e. The lowest BCUT2D eigenvalue weighted by atomic mass is 10.1. The summed E-state index contributed by atoms with van der Waals surface area (Å²) in [5, 5.41) is 0. The van der Waals surface area contributed by atoms with E-state index in [2.05, 4.69) is 48.5 Å². The van der Waals surface area contributed by atoms with Gasteiger partial charge in [0, 0.05) is 0 Å². The Bertz CT molecular complexity index is 412. The van der Waals surface area contributed by atoms with Crippen molar-refractivity contribution < 1.29 is 0 Å². The maximum Gasteiger partial charge on any atom is -0.00135 e. The molecular formula is C19H28. The Morgan fingerprint density at radius 2 is 0.842 bits per heavy atom. The van der Waals surface area contributed by atoms with Gasteiger partial charge in [-0.25, -0.2) is 0 Å². The van der Waals surface area contributed by atoms with Crippen molar-refractivity contribution in [3.8, 4) is 11.1 Å². The molecule has 19 heavy (non-hydrogen) atoms. The predicted octanol–water partition coefficient (Wildman–Crippen LogP) is 6.34. The van der Waals surface area contributed by atoms with Crippen LogP contribution in [0.2, 0.25) is 0 Å². The highest BCUT2D eigenvalue weighted by atomic mass is 14.2. The van der Waals surface area contributed by atoms with Crippen LogP contribution in [0.25, 0.3) is 11.1 Å². The first kappa shape index (κ1) is 17.4. The van der Waals surface area contributed by atoms with Gasteiger partial charge in [-0.05, 0) is 28.7 Å². The molecule has 3 rings (SSSR count). The molecule has 2 aromatic carbocycles. The summed E-state index contributed by atoms with van der Waals surface area (Å²) in [6.07, 6.45) is 1.10. The van der Waals surface area contributed by atoms with Crippen molar-refractivity contribution in [2.45, 2.75) is 48.0 Å². The second-order valence-electron chi connectivity index (χ2n) is 3.49. The zero-order chi connectivity index (χ0) is 14.7. The third kappa shape index (κ3) is 4.24. The summed E-state index contributed by atoms with van der Waals surface area (Å²) in [4.78, 5) is 0. The number of fused-ring (bicyclic) bond motifs is 3. The van der Waals surface area contributed by atoms with Gasteiger partial charge in [-0.1, -0.05) is 90.1 Å². The molecule has 1 aliphatic rings. The molecule has 0 fully saturated rings. The maximum absolute atomic E-state index is 2.22. The summed E-state index contributed by atoms with van der Waals surface area (Å²) in [6.45, 7) is 12.0. The first-order valence-electron chi connectivity index (χ1n) is 7.61. The van der Waals surface area contributed by atoms with Crippen molar-refractivity contribution in [2.75, 3.05) is 0 Å². The van der Waals surface area contributed by atoms with Gasteiger partial charge >= 0.3 is 0 Å². The van der Waals surface area contributed by atoms with Crippen molar-refractivity contribution in [1.29, 1.82) is 0 Å². The molecule has 104 valence electrons. The van der Waals surface area contributed by atoms with Crippen LogP contribution in [-0.4, -0.2) is 0 Å². The predicted molar refractivity (Wildman–Crippen MR) is 88.7 cm³/mol. The van der Waals surface area contributed by atoms with Gasteiger partial charge in [0.2, 0.25) is 0 Å². The second kappa shape index (κ2) is 10.4. The standard InChI is InChI=1S/C13H10.3C2H6/c1-3-7-12-10(5-1)9-11-6-2-4-8-13(11)12;3*1-2/h1-8H,9H2;3*1-2H3. The van der Waals surface area contributed by atoms with Crippen LogP contribution >= 0.6 is 0 Å². The zero-order valence-electron chi connectivity index (χ0n) is 13.3. The van der Waals surface area contributed by atoms with Gasteiger partial charge in [0.05, 0.1) is 0 Å². The van der Waals surface area contributed by atoms with Crippen LogP contribution in [0.5, 0.6) is 0 Å². The molecule has 0 spiro atoms. The van der Waals surface area contributed by atoms with Crippen LogP contribution in [0.15, 0.2) is 48.5 Å². The molecule has 0 radical (unpaired) electrons. The number of hydrogen-bond donors (Lipinski definition) is 0. The highest BCUT2D eigenvalue weighted by Gasteiger charge is 2.15. The Hall–Kier alpha value is -1.56. The zero-order valence-corrected chi connectivity index (χ0v) is 13.3. The van der Waals surface area contributed by atoms with Gasteiger partial charge in [0.25, 0.3) is 0 Å². The molecule has 0 aromatic heterocycles. The van der Waals surface area contributed by atoms with E-state index in [4.69, 9.17) is 0 Å². The topological polar surface area (TPSA) is 0 Å². The first-order chi connectivity index (χ1) is 9.45. The van der Waals surface area contributed by atoms with Crippen LogP contribution < -0.4 is 0 Å². The van der Waals surface area contributed by atoms with Crippen LogP contribution in [0.1, 0.15) is 52.7 Å². The molecule has 0 heterocycles. The number of hydrogen-bond acceptors (Lipinski definition) is 0. The fourth-order valence-electron chi connectivity index (χ4n) is 2.08. The lowest BCUT2D eigenvalue weighted by Crippen LogP contribution is -1.77. The third-order valence-corrected chi connectivity index (χ3v) is 2.71. The minimum atomic E-state index is 1.10. The Morgan fingerprint density at radius 1 is 0.526 bits per heavy atom. The van der Waals surface area contributed by atoms with Gasteiger partial charge in [-0.2, -0.15) is 0 Å². The average molecular weight is 256 g/mol. The van der Waals surface area contributed by atoms with Gasteiger partial charge < -0.3 is 0 Å². The molecule has 0 unspecified atom stereocenters. The number of rotatable bonds is 0. The Labute approximate surface area is 119 Å². The molecule has 0 N–H and O–H groups in total. The van der Waals surface area contributed by atoms with E-state index in [1.165, 1.54) is 22.3 Å². The highest BCUT2D eigenvalue weighted by Crippen LogP contribution is 2.35. The van der Waals surface area contributed by atoms with E-state index >= 15 is 0 Å². The van der Waals surface area contributed by atoms with E-state index in [-0.39, 0.29) is 0 Å². The lowest BCUT2D eigenvalue weighted by Gasteiger charge is -1.98. The van der Waals surface area contributed by atoms with Gasteiger partial charge in [-0.15, -0.1) is 0 Å². The van der Waals surface area contributed by atoms with Crippen molar-refractivity contribution in [3.05, 3.63) is 59.7 Å². The monoisotopic (exact) mass is 256 g/mol. The smallest absolute Gasteiger partial charge is 0.00135 e. The Morgan fingerprint density at radius 3 is 1.21 bits per heavy atom. The van der Waals surface area contributed by atoms with Crippen molar-refractivity contribution >= 4 is 0 Å². The molecule has 0 saturated heterocycles. The van der Waals surface area contributed by atoms with E-state index in [1.54, 1.807) is 0 Å². The summed E-state index contributed by atoms with van der Waals surface area (Å²) in [5.74, 6) is 0. The van der Waals surface area contributed by atoms with E-state index in [0.717, 1.165) is 6.42 Å². The Kier molecular flexibility index (Phi) is 9.52. The van der Waals surface area contributed by atoms with Crippen molar-refractivity contribution in [3.63, 3.8) is 0 Å².